The standard InChI is InChI=1S/C14H21N5O2/c1-3-18-9-14(8-11(18)20)6-4-5-7-19(14)13(21)12-15-10-17(2)16-12/h10H,3-9H2,1-2H3. The van der Waals surface area contributed by atoms with Gasteiger partial charge in [0.15, 0.2) is 0 Å². The first kappa shape index (κ1) is 14.0. The summed E-state index contributed by atoms with van der Waals surface area (Å²) in [6, 6.07) is 0. The molecule has 21 heavy (non-hydrogen) atoms. The number of aryl methyl sites for hydroxylation is 1. The molecule has 0 saturated carbocycles. The fourth-order valence-electron chi connectivity index (χ4n) is 3.50. The maximum Gasteiger partial charge on any atom is 0.294 e. The molecule has 3 heterocycles. The van der Waals surface area contributed by atoms with E-state index < -0.39 is 0 Å². The van der Waals surface area contributed by atoms with Crippen molar-refractivity contribution in [2.24, 2.45) is 7.05 Å². The summed E-state index contributed by atoms with van der Waals surface area (Å²) in [5.41, 5.74) is -0.359. The maximum atomic E-state index is 12.7. The van der Waals surface area contributed by atoms with E-state index in [1.54, 1.807) is 7.05 Å². The molecule has 2 amide bonds. The van der Waals surface area contributed by atoms with Crippen molar-refractivity contribution in [1.82, 2.24) is 24.6 Å². The van der Waals surface area contributed by atoms with Gasteiger partial charge in [0, 0.05) is 26.7 Å². The molecule has 114 valence electrons. The lowest BCUT2D eigenvalue weighted by Crippen LogP contribution is -2.56. The van der Waals surface area contributed by atoms with E-state index in [0.29, 0.717) is 26.1 Å². The highest BCUT2D eigenvalue weighted by Gasteiger charge is 2.50. The van der Waals surface area contributed by atoms with Crippen LogP contribution in [0.15, 0.2) is 6.33 Å². The monoisotopic (exact) mass is 291 g/mol. The SMILES string of the molecule is CCN1CC2(CCCCN2C(=O)c2ncn(C)n2)CC1=O. The molecule has 0 bridgehead atoms. The second-order valence-electron chi connectivity index (χ2n) is 5.96. The second kappa shape index (κ2) is 5.13. The maximum absolute atomic E-state index is 12.7. The summed E-state index contributed by atoms with van der Waals surface area (Å²) in [6.45, 7) is 4.00. The molecule has 1 aromatic rings. The fourth-order valence-corrected chi connectivity index (χ4v) is 3.50. The van der Waals surface area contributed by atoms with Crippen LogP contribution < -0.4 is 0 Å². The lowest BCUT2D eigenvalue weighted by molar-refractivity contribution is -0.127. The van der Waals surface area contributed by atoms with Gasteiger partial charge >= 0.3 is 0 Å². The zero-order chi connectivity index (χ0) is 15.0. The molecule has 2 aliphatic heterocycles. The molecule has 1 atom stereocenters. The smallest absolute Gasteiger partial charge is 0.294 e. The largest absolute Gasteiger partial charge is 0.341 e. The van der Waals surface area contributed by atoms with Crippen LogP contribution in [0.4, 0.5) is 0 Å². The summed E-state index contributed by atoms with van der Waals surface area (Å²) in [5.74, 6) is 0.216. The highest BCUT2D eigenvalue weighted by molar-refractivity contribution is 5.92. The molecule has 1 unspecified atom stereocenters. The van der Waals surface area contributed by atoms with Gasteiger partial charge in [-0.15, -0.1) is 5.10 Å². The third kappa shape index (κ3) is 2.30. The van der Waals surface area contributed by atoms with Crippen LogP contribution in [-0.2, 0) is 11.8 Å². The number of amides is 2. The van der Waals surface area contributed by atoms with Crippen molar-refractivity contribution in [3.8, 4) is 0 Å². The van der Waals surface area contributed by atoms with Gasteiger partial charge in [0.05, 0.1) is 12.0 Å². The minimum absolute atomic E-state index is 0.145. The summed E-state index contributed by atoms with van der Waals surface area (Å²) in [6.07, 6.45) is 4.88. The predicted molar refractivity (Wildman–Crippen MR) is 75.5 cm³/mol. The summed E-state index contributed by atoms with van der Waals surface area (Å²) in [4.78, 5) is 32.6. The molecule has 2 aliphatic rings. The van der Waals surface area contributed by atoms with Crippen LogP contribution in [0.1, 0.15) is 43.2 Å². The normalized spacial score (nSPS) is 25.9. The van der Waals surface area contributed by atoms with E-state index in [-0.39, 0.29) is 23.2 Å². The molecule has 7 heteroatoms. The molecule has 0 radical (unpaired) electrons. The highest BCUT2D eigenvalue weighted by atomic mass is 16.2. The van der Waals surface area contributed by atoms with Gasteiger partial charge < -0.3 is 9.80 Å². The molecule has 0 aliphatic carbocycles. The third-order valence-electron chi connectivity index (χ3n) is 4.58. The van der Waals surface area contributed by atoms with Gasteiger partial charge in [-0.3, -0.25) is 14.3 Å². The molecule has 0 aromatic carbocycles. The zero-order valence-corrected chi connectivity index (χ0v) is 12.6. The molecule has 2 saturated heterocycles. The van der Waals surface area contributed by atoms with E-state index in [1.165, 1.54) is 11.0 Å². The van der Waals surface area contributed by atoms with E-state index in [9.17, 15) is 9.59 Å². The van der Waals surface area contributed by atoms with E-state index >= 15 is 0 Å². The molecular formula is C14H21N5O2. The summed E-state index contributed by atoms with van der Waals surface area (Å²) in [7, 11) is 1.74. The average Bonchev–Trinajstić information content (AvgIpc) is 3.03. The van der Waals surface area contributed by atoms with Crippen LogP contribution in [0.2, 0.25) is 0 Å². The predicted octanol–water partition coefficient (Wildman–Crippen LogP) is 0.432. The Morgan fingerprint density at radius 2 is 2.24 bits per heavy atom. The second-order valence-corrected chi connectivity index (χ2v) is 5.96. The molecule has 2 fully saturated rings. The van der Waals surface area contributed by atoms with Crippen molar-refractivity contribution in [2.75, 3.05) is 19.6 Å². The van der Waals surface area contributed by atoms with E-state index in [0.717, 1.165) is 19.3 Å². The van der Waals surface area contributed by atoms with Gasteiger partial charge in [0.2, 0.25) is 11.7 Å². The summed E-state index contributed by atoms with van der Waals surface area (Å²) >= 11 is 0. The van der Waals surface area contributed by atoms with Crippen LogP contribution in [0.25, 0.3) is 0 Å². The topological polar surface area (TPSA) is 71.3 Å². The number of carbonyl (C=O) groups excluding carboxylic acids is 2. The van der Waals surface area contributed by atoms with E-state index in [1.807, 2.05) is 16.7 Å². The van der Waals surface area contributed by atoms with Crippen molar-refractivity contribution in [3.05, 3.63) is 12.2 Å². The Bertz CT molecular complexity index is 569. The molecule has 1 aromatic heterocycles. The Balaban J connectivity index is 1.88. The van der Waals surface area contributed by atoms with Crippen molar-refractivity contribution in [3.63, 3.8) is 0 Å². The number of carbonyl (C=O) groups is 2. The Labute approximate surface area is 123 Å². The lowest BCUT2D eigenvalue weighted by atomic mass is 9.85. The summed E-state index contributed by atoms with van der Waals surface area (Å²) in [5, 5.41) is 4.11. The molecule has 7 nitrogen and oxygen atoms in total. The Kier molecular flexibility index (Phi) is 3.43. The van der Waals surface area contributed by atoms with Gasteiger partial charge in [-0.05, 0) is 26.2 Å². The number of rotatable bonds is 2. The number of piperidine rings is 1. The van der Waals surface area contributed by atoms with Crippen LogP contribution in [-0.4, -0.2) is 61.6 Å². The van der Waals surface area contributed by atoms with Crippen LogP contribution >= 0.6 is 0 Å². The van der Waals surface area contributed by atoms with Crippen molar-refractivity contribution >= 4 is 11.8 Å². The summed E-state index contributed by atoms with van der Waals surface area (Å²) < 4.78 is 1.53. The molecular weight excluding hydrogens is 270 g/mol. The third-order valence-corrected chi connectivity index (χ3v) is 4.58. The minimum atomic E-state index is -0.359. The average molecular weight is 291 g/mol. The number of likely N-dealkylation sites (N-methyl/N-ethyl adjacent to an activating group) is 1. The zero-order valence-electron chi connectivity index (χ0n) is 12.6. The number of hydrogen-bond donors (Lipinski definition) is 0. The van der Waals surface area contributed by atoms with Crippen molar-refractivity contribution < 1.29 is 9.59 Å². The Morgan fingerprint density at radius 3 is 2.86 bits per heavy atom. The van der Waals surface area contributed by atoms with Crippen LogP contribution in [0, 0.1) is 0 Å². The molecule has 0 N–H and O–H groups in total. The molecule has 1 spiro atoms. The van der Waals surface area contributed by atoms with Crippen LogP contribution in [0.5, 0.6) is 0 Å². The van der Waals surface area contributed by atoms with Gasteiger partial charge in [0.25, 0.3) is 5.91 Å². The van der Waals surface area contributed by atoms with Gasteiger partial charge in [-0.25, -0.2) is 4.98 Å². The Hall–Kier alpha value is -1.92. The lowest BCUT2D eigenvalue weighted by Gasteiger charge is -2.43. The number of hydrogen-bond acceptors (Lipinski definition) is 4. The minimum Gasteiger partial charge on any atom is -0.341 e. The van der Waals surface area contributed by atoms with Gasteiger partial charge in [-0.2, -0.15) is 0 Å². The van der Waals surface area contributed by atoms with E-state index in [4.69, 9.17) is 0 Å². The quantitative estimate of drug-likeness (QED) is 0.792. The van der Waals surface area contributed by atoms with Crippen molar-refractivity contribution in [1.29, 1.82) is 0 Å². The van der Waals surface area contributed by atoms with Gasteiger partial charge in [-0.1, -0.05) is 0 Å². The molecule has 3 rings (SSSR count). The highest BCUT2D eigenvalue weighted by Crippen LogP contribution is 2.37. The van der Waals surface area contributed by atoms with Crippen LogP contribution in [0.3, 0.4) is 0 Å². The number of likely N-dealkylation sites (tertiary alicyclic amines) is 2. The first-order chi connectivity index (χ1) is 10.1. The first-order valence-electron chi connectivity index (χ1n) is 7.51. The number of aromatic nitrogens is 3. The van der Waals surface area contributed by atoms with E-state index in [2.05, 4.69) is 10.1 Å². The Morgan fingerprint density at radius 1 is 1.43 bits per heavy atom. The fraction of sp³-hybridized carbons (Fsp3) is 0.714. The van der Waals surface area contributed by atoms with Gasteiger partial charge in [0.1, 0.15) is 6.33 Å². The van der Waals surface area contributed by atoms with Crippen molar-refractivity contribution in [2.45, 2.75) is 38.1 Å². The number of nitrogens with zero attached hydrogens (tertiary/aromatic N) is 5. The first-order valence-corrected chi connectivity index (χ1v) is 7.51.